The van der Waals surface area contributed by atoms with Gasteiger partial charge in [0.2, 0.25) is 0 Å². The zero-order valence-corrected chi connectivity index (χ0v) is 17.6. The molecule has 0 saturated heterocycles. The van der Waals surface area contributed by atoms with Crippen LogP contribution >= 0.6 is 11.3 Å². The van der Waals surface area contributed by atoms with Crippen LogP contribution in [0.15, 0.2) is 18.2 Å². The summed E-state index contributed by atoms with van der Waals surface area (Å²) < 4.78 is 31.6. The van der Waals surface area contributed by atoms with Crippen LogP contribution in [0.5, 0.6) is 0 Å². The molecule has 2 atom stereocenters. The Bertz CT molecular complexity index is 961. The minimum atomic E-state index is -1.94. The second-order valence-electron chi connectivity index (χ2n) is 6.80. The first-order chi connectivity index (χ1) is 14.5. The first-order valence-electron chi connectivity index (χ1n) is 9.01. The molecule has 1 heterocycles. The molecule has 4 N–H and O–H groups in total. The first kappa shape index (κ1) is 24.3. The van der Waals surface area contributed by atoms with Gasteiger partial charge < -0.3 is 25.6 Å². The maximum atomic E-state index is 13.3. The molecule has 0 unspecified atom stereocenters. The smallest absolute Gasteiger partial charge is 0.355 e. The summed E-state index contributed by atoms with van der Waals surface area (Å²) in [5, 5.41) is 24.0. The molecule has 2 aromatic rings. The molecule has 1 aromatic carbocycles. The van der Waals surface area contributed by atoms with Gasteiger partial charge in [-0.05, 0) is 23.6 Å². The van der Waals surface area contributed by atoms with E-state index in [1.165, 1.54) is 7.11 Å². The highest BCUT2D eigenvalue weighted by Gasteiger charge is 2.28. The number of aliphatic hydroxyl groups is 1. The average Bonchev–Trinajstić information content (AvgIpc) is 3.10. The van der Waals surface area contributed by atoms with Gasteiger partial charge in [-0.2, -0.15) is 0 Å². The standard InChI is InChI=1S/C19H21F2N3O6S/c1-8(2)15-13(18(28)29)23-19(31-15)24-16(26)12(7-30-3)22-17(27)14(25)9-4-10(20)6-11(21)5-9/h4-6,8,12,14,25H,7H2,1-3H3,(H,22,27)(H,28,29)(H,23,24,26)/t12-,14+/m0/s1. The minimum Gasteiger partial charge on any atom is -0.476 e. The molecule has 9 nitrogen and oxygen atoms in total. The Morgan fingerprint density at radius 3 is 2.26 bits per heavy atom. The number of anilines is 1. The zero-order valence-electron chi connectivity index (χ0n) is 16.8. The normalized spacial score (nSPS) is 13.0. The topological polar surface area (TPSA) is 138 Å². The molecule has 0 saturated carbocycles. The Hall–Kier alpha value is -2.96. The van der Waals surface area contributed by atoms with Crippen LogP contribution in [-0.2, 0) is 14.3 Å². The van der Waals surface area contributed by atoms with E-state index in [1.54, 1.807) is 13.8 Å². The number of nitrogens with zero attached hydrogens (tertiary/aromatic N) is 1. The molecule has 0 aliphatic rings. The number of benzene rings is 1. The van der Waals surface area contributed by atoms with Crippen molar-refractivity contribution >= 4 is 34.3 Å². The number of aromatic nitrogens is 1. The summed E-state index contributed by atoms with van der Waals surface area (Å²) >= 11 is 0.975. The van der Waals surface area contributed by atoms with Crippen molar-refractivity contribution in [1.29, 1.82) is 0 Å². The quantitative estimate of drug-likeness (QED) is 0.452. The number of halogens is 2. The van der Waals surface area contributed by atoms with Gasteiger partial charge in [0, 0.05) is 18.1 Å². The highest BCUT2D eigenvalue weighted by molar-refractivity contribution is 7.16. The van der Waals surface area contributed by atoms with Crippen molar-refractivity contribution < 1.29 is 38.1 Å². The Balaban J connectivity index is 2.16. The third kappa shape index (κ3) is 6.26. The summed E-state index contributed by atoms with van der Waals surface area (Å²) in [6.45, 7) is 3.25. The van der Waals surface area contributed by atoms with Crippen molar-refractivity contribution in [3.63, 3.8) is 0 Å². The second kappa shape index (κ2) is 10.4. The number of amides is 2. The van der Waals surface area contributed by atoms with Crippen molar-refractivity contribution in [2.45, 2.75) is 31.9 Å². The number of nitrogens with one attached hydrogen (secondary N) is 2. The number of carboxylic acid groups (broad SMARTS) is 1. The van der Waals surface area contributed by atoms with Gasteiger partial charge in [-0.15, -0.1) is 11.3 Å². The number of carbonyl (C=O) groups excluding carboxylic acids is 2. The number of rotatable bonds is 9. The van der Waals surface area contributed by atoms with Crippen LogP contribution in [0.25, 0.3) is 0 Å². The van der Waals surface area contributed by atoms with Crippen molar-refractivity contribution in [3.05, 3.63) is 46.0 Å². The average molecular weight is 457 g/mol. The predicted molar refractivity (Wildman–Crippen MR) is 107 cm³/mol. The van der Waals surface area contributed by atoms with Crippen LogP contribution in [0.1, 0.15) is 46.8 Å². The molecule has 168 valence electrons. The van der Waals surface area contributed by atoms with Gasteiger partial charge in [-0.25, -0.2) is 18.6 Å². The van der Waals surface area contributed by atoms with Gasteiger partial charge in [-0.3, -0.25) is 9.59 Å². The van der Waals surface area contributed by atoms with Gasteiger partial charge in [0.05, 0.1) is 6.61 Å². The summed E-state index contributed by atoms with van der Waals surface area (Å²) in [4.78, 5) is 40.6. The van der Waals surface area contributed by atoms with Crippen molar-refractivity contribution in [1.82, 2.24) is 10.3 Å². The number of hydrogen-bond acceptors (Lipinski definition) is 7. The fourth-order valence-corrected chi connectivity index (χ4v) is 3.57. The van der Waals surface area contributed by atoms with Gasteiger partial charge in [0.1, 0.15) is 17.7 Å². The van der Waals surface area contributed by atoms with E-state index >= 15 is 0 Å². The predicted octanol–water partition coefficient (Wildman–Crippen LogP) is 2.05. The summed E-state index contributed by atoms with van der Waals surface area (Å²) in [5.74, 6) is -5.22. The lowest BCUT2D eigenvalue weighted by Gasteiger charge is -2.19. The molecule has 2 amide bonds. The van der Waals surface area contributed by atoms with Gasteiger partial charge in [0.25, 0.3) is 11.8 Å². The molecular weight excluding hydrogens is 436 g/mol. The lowest BCUT2D eigenvalue weighted by molar-refractivity contribution is -0.133. The van der Waals surface area contributed by atoms with Crippen LogP contribution in [0.2, 0.25) is 0 Å². The van der Waals surface area contributed by atoms with E-state index in [4.69, 9.17) is 4.74 Å². The molecule has 0 spiro atoms. The number of hydrogen-bond donors (Lipinski definition) is 4. The molecule has 0 aliphatic heterocycles. The Morgan fingerprint density at radius 1 is 1.16 bits per heavy atom. The van der Waals surface area contributed by atoms with Crippen molar-refractivity contribution in [2.75, 3.05) is 19.0 Å². The number of methoxy groups -OCH3 is 1. The first-order valence-corrected chi connectivity index (χ1v) is 9.83. The molecule has 0 radical (unpaired) electrons. The van der Waals surface area contributed by atoms with Gasteiger partial charge >= 0.3 is 5.97 Å². The van der Waals surface area contributed by atoms with Crippen LogP contribution in [0, 0.1) is 11.6 Å². The summed E-state index contributed by atoms with van der Waals surface area (Å²) in [5.41, 5.74) is -0.523. The number of ether oxygens (including phenoxy) is 1. The van der Waals surface area contributed by atoms with Crippen LogP contribution in [-0.4, -0.2) is 52.7 Å². The lowest BCUT2D eigenvalue weighted by Crippen LogP contribution is -2.48. The fourth-order valence-electron chi connectivity index (χ4n) is 2.61. The maximum Gasteiger partial charge on any atom is 0.355 e. The van der Waals surface area contributed by atoms with E-state index in [0.29, 0.717) is 10.9 Å². The largest absolute Gasteiger partial charge is 0.476 e. The second-order valence-corrected chi connectivity index (χ2v) is 7.83. The summed E-state index contributed by atoms with van der Waals surface area (Å²) in [7, 11) is 1.27. The highest BCUT2D eigenvalue weighted by atomic mass is 32.1. The van der Waals surface area contributed by atoms with Crippen LogP contribution < -0.4 is 10.6 Å². The minimum absolute atomic E-state index is 0.00852. The Morgan fingerprint density at radius 2 is 1.77 bits per heavy atom. The molecule has 0 fully saturated rings. The summed E-state index contributed by atoms with van der Waals surface area (Å²) in [6.07, 6.45) is -1.94. The molecule has 2 rings (SSSR count). The molecule has 12 heteroatoms. The van der Waals surface area contributed by atoms with E-state index in [9.17, 15) is 33.4 Å². The SMILES string of the molecule is COC[C@H](NC(=O)[C@H](O)c1cc(F)cc(F)c1)C(=O)Nc1nc(C(=O)O)c(C(C)C)s1. The van der Waals surface area contributed by atoms with E-state index in [-0.39, 0.29) is 28.9 Å². The number of carbonyl (C=O) groups is 3. The fraction of sp³-hybridized carbons (Fsp3) is 0.368. The number of aromatic carboxylic acids is 1. The van der Waals surface area contributed by atoms with E-state index in [0.717, 1.165) is 23.5 Å². The Labute approximate surface area is 180 Å². The molecule has 0 bridgehead atoms. The number of carboxylic acids is 1. The Kier molecular flexibility index (Phi) is 8.14. The third-order valence-electron chi connectivity index (χ3n) is 4.03. The monoisotopic (exact) mass is 457 g/mol. The van der Waals surface area contributed by atoms with Crippen molar-refractivity contribution in [2.24, 2.45) is 0 Å². The van der Waals surface area contributed by atoms with E-state index < -0.39 is 41.6 Å². The highest BCUT2D eigenvalue weighted by Crippen LogP contribution is 2.30. The van der Waals surface area contributed by atoms with E-state index in [2.05, 4.69) is 15.6 Å². The molecular formula is C19H21F2N3O6S. The summed E-state index contributed by atoms with van der Waals surface area (Å²) in [6, 6.07) is 0.856. The van der Waals surface area contributed by atoms with Gasteiger partial charge in [-0.1, -0.05) is 13.8 Å². The van der Waals surface area contributed by atoms with Crippen molar-refractivity contribution in [3.8, 4) is 0 Å². The van der Waals surface area contributed by atoms with Crippen LogP contribution in [0.3, 0.4) is 0 Å². The molecule has 0 aliphatic carbocycles. The third-order valence-corrected chi connectivity index (χ3v) is 5.30. The zero-order chi connectivity index (χ0) is 23.3. The van der Waals surface area contributed by atoms with E-state index in [1.807, 2.05) is 0 Å². The van der Waals surface area contributed by atoms with Gasteiger partial charge in [0.15, 0.2) is 16.9 Å². The maximum absolute atomic E-state index is 13.3. The number of aliphatic hydroxyl groups excluding tert-OH is 1. The van der Waals surface area contributed by atoms with Crippen LogP contribution in [0.4, 0.5) is 13.9 Å². The molecule has 1 aromatic heterocycles. The lowest BCUT2D eigenvalue weighted by atomic mass is 10.1. The number of thiazole rings is 1. The molecule has 31 heavy (non-hydrogen) atoms.